The van der Waals surface area contributed by atoms with Crippen LogP contribution in [0, 0.1) is 5.92 Å². The van der Waals surface area contributed by atoms with Crippen molar-refractivity contribution in [2.45, 2.75) is 25.8 Å². The zero-order valence-electron chi connectivity index (χ0n) is 16.8. The number of carbonyl (C=O) groups is 1. The first kappa shape index (κ1) is 19.8. The molecule has 29 heavy (non-hydrogen) atoms. The van der Waals surface area contributed by atoms with Gasteiger partial charge in [0, 0.05) is 37.3 Å². The van der Waals surface area contributed by atoms with Crippen molar-refractivity contribution in [1.29, 1.82) is 0 Å². The summed E-state index contributed by atoms with van der Waals surface area (Å²) < 4.78 is 0. The van der Waals surface area contributed by atoms with Crippen molar-refractivity contribution in [2.24, 2.45) is 5.92 Å². The zero-order valence-corrected chi connectivity index (χ0v) is 17.6. The van der Waals surface area contributed by atoms with Gasteiger partial charge in [-0.15, -0.1) is 0 Å². The number of benzene rings is 1. The van der Waals surface area contributed by atoms with Crippen LogP contribution in [0.2, 0.25) is 0 Å². The molecule has 150 valence electrons. The van der Waals surface area contributed by atoms with Crippen molar-refractivity contribution in [3.05, 3.63) is 82.7 Å². The maximum absolute atomic E-state index is 13.3. The van der Waals surface area contributed by atoms with E-state index < -0.39 is 0 Å². The number of aromatic nitrogens is 1. The van der Waals surface area contributed by atoms with Crippen LogP contribution in [0.15, 0.2) is 71.6 Å². The lowest BCUT2D eigenvalue weighted by atomic mass is 9.91. The van der Waals surface area contributed by atoms with Crippen molar-refractivity contribution in [1.82, 2.24) is 9.88 Å². The third kappa shape index (κ3) is 4.74. The molecule has 0 aliphatic carbocycles. The topological polar surface area (TPSA) is 36.4 Å². The van der Waals surface area contributed by atoms with E-state index in [1.54, 1.807) is 17.5 Å². The van der Waals surface area contributed by atoms with Gasteiger partial charge in [-0.25, -0.2) is 4.98 Å². The van der Waals surface area contributed by atoms with Crippen LogP contribution in [-0.2, 0) is 6.42 Å². The molecule has 1 aliphatic heterocycles. The molecule has 3 heterocycles. The van der Waals surface area contributed by atoms with Crippen LogP contribution in [0.3, 0.4) is 0 Å². The monoisotopic (exact) mass is 405 g/mol. The average molecular weight is 406 g/mol. The third-order valence-electron chi connectivity index (χ3n) is 5.72. The van der Waals surface area contributed by atoms with Crippen LogP contribution in [-0.4, -0.2) is 41.5 Å². The van der Waals surface area contributed by atoms with Gasteiger partial charge in [0.15, 0.2) is 0 Å². The molecule has 1 saturated heterocycles. The predicted molar refractivity (Wildman–Crippen MR) is 120 cm³/mol. The minimum atomic E-state index is 0.0551. The van der Waals surface area contributed by atoms with Crippen molar-refractivity contribution in [3.63, 3.8) is 0 Å². The molecule has 1 amide bonds. The first-order chi connectivity index (χ1) is 14.2. The van der Waals surface area contributed by atoms with Gasteiger partial charge in [0.05, 0.1) is 5.56 Å². The molecular formula is C24H27N3OS. The fourth-order valence-electron chi connectivity index (χ4n) is 4.18. The highest BCUT2D eigenvalue weighted by molar-refractivity contribution is 7.08. The van der Waals surface area contributed by atoms with Crippen LogP contribution in [0.4, 0.5) is 5.82 Å². The Morgan fingerprint density at radius 1 is 1.17 bits per heavy atom. The second-order valence-corrected chi connectivity index (χ2v) is 8.52. The van der Waals surface area contributed by atoms with Crippen LogP contribution in [0.25, 0.3) is 0 Å². The maximum atomic E-state index is 13.3. The van der Waals surface area contributed by atoms with Gasteiger partial charge >= 0.3 is 0 Å². The van der Waals surface area contributed by atoms with Gasteiger partial charge in [-0.3, -0.25) is 9.69 Å². The quantitative estimate of drug-likeness (QED) is 0.594. The Kier molecular flexibility index (Phi) is 6.37. The predicted octanol–water partition coefficient (Wildman–Crippen LogP) is 4.74. The highest BCUT2D eigenvalue weighted by Crippen LogP contribution is 2.28. The number of likely N-dealkylation sites (tertiary alicyclic amines) is 1. The lowest BCUT2D eigenvalue weighted by molar-refractivity contribution is 0.0932. The third-order valence-corrected chi connectivity index (χ3v) is 6.40. The van der Waals surface area contributed by atoms with E-state index in [-0.39, 0.29) is 11.9 Å². The van der Waals surface area contributed by atoms with E-state index in [0.717, 1.165) is 43.9 Å². The molecule has 0 spiro atoms. The van der Waals surface area contributed by atoms with Gasteiger partial charge in [0.25, 0.3) is 5.91 Å². The summed E-state index contributed by atoms with van der Waals surface area (Å²) >= 11 is 1.56. The van der Waals surface area contributed by atoms with E-state index >= 15 is 0 Å². The number of hydrogen-bond acceptors (Lipinski definition) is 4. The van der Waals surface area contributed by atoms with E-state index in [1.165, 1.54) is 5.56 Å². The SMILES string of the molecule is C[C@@H]1CN(CCc2ccccc2)CC[C@H]1N(C(=O)c1ccsc1)c1ccccn1. The van der Waals surface area contributed by atoms with E-state index in [9.17, 15) is 4.79 Å². The van der Waals surface area contributed by atoms with Crippen molar-refractivity contribution < 1.29 is 4.79 Å². The number of amides is 1. The highest BCUT2D eigenvalue weighted by atomic mass is 32.1. The van der Waals surface area contributed by atoms with Gasteiger partial charge in [0.2, 0.25) is 0 Å². The van der Waals surface area contributed by atoms with Crippen LogP contribution < -0.4 is 4.90 Å². The van der Waals surface area contributed by atoms with Crippen molar-refractivity contribution in [2.75, 3.05) is 24.5 Å². The molecular weight excluding hydrogens is 378 g/mol. The molecule has 4 rings (SSSR count). The van der Waals surface area contributed by atoms with Crippen LogP contribution in [0.1, 0.15) is 29.3 Å². The first-order valence-electron chi connectivity index (χ1n) is 10.3. The second kappa shape index (κ2) is 9.33. The molecule has 4 nitrogen and oxygen atoms in total. The molecule has 0 N–H and O–H groups in total. The number of carbonyl (C=O) groups excluding carboxylic acids is 1. The van der Waals surface area contributed by atoms with Gasteiger partial charge < -0.3 is 4.90 Å². The number of hydrogen-bond donors (Lipinski definition) is 0. The lowest BCUT2D eigenvalue weighted by Gasteiger charge is -2.42. The fourth-order valence-corrected chi connectivity index (χ4v) is 4.81. The van der Waals surface area contributed by atoms with Gasteiger partial charge in [0.1, 0.15) is 5.82 Å². The maximum Gasteiger partial charge on any atom is 0.260 e. The van der Waals surface area contributed by atoms with Gasteiger partial charge in [-0.2, -0.15) is 11.3 Å². The molecule has 0 saturated carbocycles. The number of piperidine rings is 1. The summed E-state index contributed by atoms with van der Waals surface area (Å²) in [4.78, 5) is 22.3. The summed E-state index contributed by atoms with van der Waals surface area (Å²) in [5.41, 5.74) is 2.13. The number of rotatable bonds is 6. The zero-order chi connectivity index (χ0) is 20.1. The summed E-state index contributed by atoms with van der Waals surface area (Å²) in [7, 11) is 0. The molecule has 0 bridgehead atoms. The minimum Gasteiger partial charge on any atom is -0.303 e. The van der Waals surface area contributed by atoms with E-state index in [4.69, 9.17) is 0 Å². The Morgan fingerprint density at radius 2 is 2.00 bits per heavy atom. The summed E-state index contributed by atoms with van der Waals surface area (Å²) in [5.74, 6) is 1.18. The van der Waals surface area contributed by atoms with Gasteiger partial charge in [-0.1, -0.05) is 43.3 Å². The van der Waals surface area contributed by atoms with Gasteiger partial charge in [-0.05, 0) is 47.9 Å². The molecule has 0 unspecified atom stereocenters. The fraction of sp³-hybridized carbons (Fsp3) is 0.333. The Balaban J connectivity index is 1.47. The smallest absolute Gasteiger partial charge is 0.260 e. The van der Waals surface area contributed by atoms with E-state index in [2.05, 4.69) is 47.1 Å². The lowest BCUT2D eigenvalue weighted by Crippen LogP contribution is -2.53. The summed E-state index contributed by atoms with van der Waals surface area (Å²) in [6.45, 7) is 5.32. The molecule has 2 atom stereocenters. The standard InChI is InChI=1S/C24H27N3OS/c1-19-17-26(14-10-20-7-3-2-4-8-20)15-11-22(19)27(23-9-5-6-13-25-23)24(28)21-12-16-29-18-21/h2-9,12-13,16,18-19,22H,10-11,14-15,17H2,1H3/t19-,22-/m1/s1. The summed E-state index contributed by atoms with van der Waals surface area (Å²) in [6, 6.07) is 18.5. The Bertz CT molecular complexity index is 898. The molecule has 5 heteroatoms. The van der Waals surface area contributed by atoms with E-state index in [0.29, 0.717) is 5.92 Å². The molecule has 2 aromatic heterocycles. The van der Waals surface area contributed by atoms with Crippen molar-refractivity contribution in [3.8, 4) is 0 Å². The van der Waals surface area contributed by atoms with Crippen LogP contribution in [0.5, 0.6) is 0 Å². The number of nitrogens with zero attached hydrogens (tertiary/aromatic N) is 3. The Labute approximate surface area is 176 Å². The molecule has 1 fully saturated rings. The number of anilines is 1. The molecule has 0 radical (unpaired) electrons. The minimum absolute atomic E-state index is 0.0551. The second-order valence-electron chi connectivity index (χ2n) is 7.74. The Morgan fingerprint density at radius 3 is 2.69 bits per heavy atom. The largest absolute Gasteiger partial charge is 0.303 e. The number of thiophene rings is 1. The molecule has 3 aromatic rings. The summed E-state index contributed by atoms with van der Waals surface area (Å²) in [5, 5.41) is 3.89. The average Bonchev–Trinajstić information content (AvgIpc) is 3.30. The first-order valence-corrected chi connectivity index (χ1v) is 11.2. The Hall–Kier alpha value is -2.50. The van der Waals surface area contributed by atoms with E-state index in [1.807, 2.05) is 39.9 Å². The van der Waals surface area contributed by atoms with Crippen LogP contribution >= 0.6 is 11.3 Å². The summed E-state index contributed by atoms with van der Waals surface area (Å²) in [6.07, 6.45) is 3.79. The molecule has 1 aliphatic rings. The number of pyridine rings is 1. The highest BCUT2D eigenvalue weighted by Gasteiger charge is 2.35. The normalized spacial score (nSPS) is 19.8. The molecule has 1 aromatic carbocycles. The van der Waals surface area contributed by atoms with Crippen molar-refractivity contribution >= 4 is 23.1 Å².